The molecule has 2 aromatic rings. The normalized spacial score (nSPS) is 12.8. The van der Waals surface area contributed by atoms with Crippen LogP contribution in [0.4, 0.5) is 0 Å². The van der Waals surface area contributed by atoms with Crippen molar-refractivity contribution in [1.29, 1.82) is 0 Å². The Morgan fingerprint density at radius 1 is 1.32 bits per heavy atom. The molecule has 0 aliphatic rings. The van der Waals surface area contributed by atoms with E-state index in [-0.39, 0.29) is 11.5 Å². The molecule has 5 heteroatoms. The van der Waals surface area contributed by atoms with Crippen LogP contribution in [0.15, 0.2) is 29.1 Å². The molecule has 1 unspecified atom stereocenters. The van der Waals surface area contributed by atoms with Gasteiger partial charge in [0, 0.05) is 0 Å². The lowest BCUT2D eigenvalue weighted by Crippen LogP contribution is -2.35. The summed E-state index contributed by atoms with van der Waals surface area (Å²) in [4.78, 5) is 28.2. The predicted molar refractivity (Wildman–Crippen MR) is 72.3 cm³/mol. The van der Waals surface area contributed by atoms with Gasteiger partial charge in [-0.15, -0.1) is 0 Å². The van der Waals surface area contributed by atoms with Gasteiger partial charge < -0.3 is 5.11 Å². The van der Waals surface area contributed by atoms with Crippen LogP contribution in [0.1, 0.15) is 25.7 Å². The first-order valence-electron chi connectivity index (χ1n) is 6.14. The van der Waals surface area contributed by atoms with E-state index in [1.807, 2.05) is 0 Å². The van der Waals surface area contributed by atoms with Crippen molar-refractivity contribution < 1.29 is 9.90 Å². The molecule has 1 aromatic carbocycles. The van der Waals surface area contributed by atoms with E-state index in [4.69, 9.17) is 0 Å². The third-order valence-electron chi connectivity index (χ3n) is 3.15. The van der Waals surface area contributed by atoms with Gasteiger partial charge in [0.15, 0.2) is 0 Å². The number of rotatable bonds is 3. The van der Waals surface area contributed by atoms with Crippen molar-refractivity contribution in [1.82, 2.24) is 9.55 Å². The number of carbonyl (C=O) groups is 1. The Balaban J connectivity index is 2.80. The Morgan fingerprint density at radius 3 is 2.53 bits per heavy atom. The molecule has 0 saturated carbocycles. The van der Waals surface area contributed by atoms with Gasteiger partial charge in [0.25, 0.3) is 5.56 Å². The molecule has 0 bridgehead atoms. The van der Waals surface area contributed by atoms with E-state index in [2.05, 4.69) is 4.98 Å². The largest absolute Gasteiger partial charge is 0.480 e. The fourth-order valence-corrected chi connectivity index (χ4v) is 2.28. The number of carboxylic acids is 1. The molecule has 0 fully saturated rings. The van der Waals surface area contributed by atoms with Crippen molar-refractivity contribution in [2.45, 2.75) is 26.8 Å². The summed E-state index contributed by atoms with van der Waals surface area (Å²) in [6.45, 7) is 5.21. The Morgan fingerprint density at radius 2 is 1.95 bits per heavy atom. The maximum Gasteiger partial charge on any atom is 0.327 e. The van der Waals surface area contributed by atoms with Crippen LogP contribution in [0, 0.1) is 12.8 Å². The minimum absolute atomic E-state index is 0.197. The molecule has 0 radical (unpaired) electrons. The van der Waals surface area contributed by atoms with E-state index in [0.29, 0.717) is 16.7 Å². The first-order valence-corrected chi connectivity index (χ1v) is 6.14. The van der Waals surface area contributed by atoms with Gasteiger partial charge in [-0.1, -0.05) is 26.0 Å². The van der Waals surface area contributed by atoms with Crippen molar-refractivity contribution in [2.24, 2.45) is 5.92 Å². The average Bonchev–Trinajstić information content (AvgIpc) is 2.33. The van der Waals surface area contributed by atoms with E-state index in [9.17, 15) is 14.7 Å². The molecular formula is C14H16N2O3. The molecule has 0 saturated heterocycles. The Bertz CT molecular complexity index is 689. The molecule has 19 heavy (non-hydrogen) atoms. The van der Waals surface area contributed by atoms with E-state index in [0.717, 1.165) is 0 Å². The molecule has 0 aliphatic heterocycles. The van der Waals surface area contributed by atoms with E-state index in [1.165, 1.54) is 4.57 Å². The van der Waals surface area contributed by atoms with Crippen LogP contribution in [0.2, 0.25) is 0 Å². The van der Waals surface area contributed by atoms with Gasteiger partial charge in [-0.3, -0.25) is 9.36 Å². The standard InChI is InChI=1S/C14H16N2O3/c1-8(2)12(14(18)19)16-9(3)15-11-7-5-4-6-10(11)13(16)17/h4-8,12H,1-3H3,(H,18,19). The van der Waals surface area contributed by atoms with Crippen LogP contribution in [0.25, 0.3) is 10.9 Å². The second kappa shape index (κ2) is 4.84. The minimum atomic E-state index is -1.02. The van der Waals surface area contributed by atoms with Gasteiger partial charge in [-0.2, -0.15) is 0 Å². The summed E-state index contributed by atoms with van der Waals surface area (Å²) in [6.07, 6.45) is 0. The summed E-state index contributed by atoms with van der Waals surface area (Å²) in [6, 6.07) is 6.06. The summed E-state index contributed by atoms with van der Waals surface area (Å²) < 4.78 is 1.27. The maximum absolute atomic E-state index is 12.5. The zero-order valence-corrected chi connectivity index (χ0v) is 11.1. The third-order valence-corrected chi connectivity index (χ3v) is 3.15. The first kappa shape index (κ1) is 13.3. The van der Waals surface area contributed by atoms with Crippen molar-refractivity contribution in [3.8, 4) is 0 Å². The van der Waals surface area contributed by atoms with Crippen LogP contribution < -0.4 is 5.56 Å². The molecule has 0 aliphatic carbocycles. The second-order valence-electron chi connectivity index (χ2n) is 4.88. The maximum atomic E-state index is 12.5. The number of benzene rings is 1. The lowest BCUT2D eigenvalue weighted by Gasteiger charge is -2.21. The van der Waals surface area contributed by atoms with Gasteiger partial charge in [0.2, 0.25) is 0 Å². The van der Waals surface area contributed by atoms with Crippen LogP contribution in [0.3, 0.4) is 0 Å². The number of para-hydroxylation sites is 1. The van der Waals surface area contributed by atoms with Gasteiger partial charge in [-0.25, -0.2) is 9.78 Å². The van der Waals surface area contributed by atoms with Crippen LogP contribution in [0.5, 0.6) is 0 Å². The molecule has 1 N–H and O–H groups in total. The van der Waals surface area contributed by atoms with Gasteiger partial charge >= 0.3 is 5.97 Å². The molecule has 5 nitrogen and oxygen atoms in total. The topological polar surface area (TPSA) is 72.2 Å². The number of carboxylic acid groups (broad SMARTS) is 1. The number of aryl methyl sites for hydroxylation is 1. The van der Waals surface area contributed by atoms with Gasteiger partial charge in [0.05, 0.1) is 10.9 Å². The average molecular weight is 260 g/mol. The molecule has 0 spiro atoms. The Hall–Kier alpha value is -2.17. The zero-order valence-electron chi connectivity index (χ0n) is 11.1. The molecule has 100 valence electrons. The van der Waals surface area contributed by atoms with Crippen molar-refractivity contribution in [3.05, 3.63) is 40.4 Å². The predicted octanol–water partition coefficient (Wildman–Crippen LogP) is 1.99. The summed E-state index contributed by atoms with van der Waals surface area (Å²) in [5.41, 5.74) is 0.290. The third kappa shape index (κ3) is 2.23. The van der Waals surface area contributed by atoms with Crippen LogP contribution in [-0.4, -0.2) is 20.6 Å². The second-order valence-corrected chi connectivity index (χ2v) is 4.88. The highest BCUT2D eigenvalue weighted by Gasteiger charge is 2.26. The van der Waals surface area contributed by atoms with Gasteiger partial charge in [-0.05, 0) is 25.0 Å². The van der Waals surface area contributed by atoms with E-state index in [1.54, 1.807) is 45.0 Å². The molecule has 0 amide bonds. The molecular weight excluding hydrogens is 244 g/mol. The summed E-state index contributed by atoms with van der Waals surface area (Å²) in [5.74, 6) is -0.793. The number of aliphatic carboxylic acids is 1. The SMILES string of the molecule is Cc1nc2ccccc2c(=O)n1C(C(=O)O)C(C)C. The lowest BCUT2D eigenvalue weighted by atomic mass is 10.0. The summed E-state index contributed by atoms with van der Waals surface area (Å²) in [5, 5.41) is 9.78. The van der Waals surface area contributed by atoms with Crippen LogP contribution in [-0.2, 0) is 4.79 Å². The molecule has 1 aromatic heterocycles. The number of nitrogens with zero attached hydrogens (tertiary/aromatic N) is 2. The first-order chi connectivity index (χ1) is 8.93. The fourth-order valence-electron chi connectivity index (χ4n) is 2.28. The Labute approximate surface area is 110 Å². The highest BCUT2D eigenvalue weighted by molar-refractivity contribution is 5.78. The molecule has 1 atom stereocenters. The smallest absolute Gasteiger partial charge is 0.327 e. The van der Waals surface area contributed by atoms with Crippen LogP contribution >= 0.6 is 0 Å². The summed E-state index contributed by atoms with van der Waals surface area (Å²) >= 11 is 0. The lowest BCUT2D eigenvalue weighted by molar-refractivity contribution is -0.142. The summed E-state index contributed by atoms with van der Waals surface area (Å²) in [7, 11) is 0. The number of aromatic nitrogens is 2. The van der Waals surface area contributed by atoms with Crippen molar-refractivity contribution in [2.75, 3.05) is 0 Å². The Kier molecular flexibility index (Phi) is 3.38. The fraction of sp³-hybridized carbons (Fsp3) is 0.357. The highest BCUT2D eigenvalue weighted by Crippen LogP contribution is 2.19. The van der Waals surface area contributed by atoms with Gasteiger partial charge in [0.1, 0.15) is 11.9 Å². The minimum Gasteiger partial charge on any atom is -0.480 e. The number of hydrogen-bond donors (Lipinski definition) is 1. The molecule has 2 rings (SSSR count). The zero-order chi connectivity index (χ0) is 14.2. The monoisotopic (exact) mass is 260 g/mol. The highest BCUT2D eigenvalue weighted by atomic mass is 16.4. The van der Waals surface area contributed by atoms with Crippen molar-refractivity contribution >= 4 is 16.9 Å². The number of hydrogen-bond acceptors (Lipinski definition) is 3. The van der Waals surface area contributed by atoms with E-state index >= 15 is 0 Å². The molecule has 1 heterocycles. The van der Waals surface area contributed by atoms with Crippen molar-refractivity contribution in [3.63, 3.8) is 0 Å². The number of fused-ring (bicyclic) bond motifs is 1. The quantitative estimate of drug-likeness (QED) is 0.916. The van der Waals surface area contributed by atoms with E-state index < -0.39 is 12.0 Å².